The highest BCUT2D eigenvalue weighted by atomic mass is 19.1. The standard InChI is InChI=1S/C18H18FN3O/c1-11-6-13(4-5-15(11)19)14-7-17-16(20-8-14)9-21-22(17)18(10-23)12-2-3-12/h4-9,12,18,23H,2-3,10H2,1H3/t18-/m1/s1. The molecule has 4 rings (SSSR count). The molecule has 1 aliphatic rings. The summed E-state index contributed by atoms with van der Waals surface area (Å²) in [6.07, 6.45) is 5.79. The van der Waals surface area contributed by atoms with Crippen molar-refractivity contribution in [1.29, 1.82) is 0 Å². The van der Waals surface area contributed by atoms with Crippen molar-refractivity contribution in [3.05, 3.63) is 48.0 Å². The zero-order chi connectivity index (χ0) is 16.0. The molecule has 23 heavy (non-hydrogen) atoms. The van der Waals surface area contributed by atoms with Crippen LogP contribution in [0.2, 0.25) is 0 Å². The fraction of sp³-hybridized carbons (Fsp3) is 0.333. The maximum atomic E-state index is 13.5. The SMILES string of the molecule is Cc1cc(-c2cnc3cnn([C@H](CO)C4CC4)c3c2)ccc1F. The summed E-state index contributed by atoms with van der Waals surface area (Å²) in [7, 11) is 0. The Morgan fingerprint density at radius 1 is 1.26 bits per heavy atom. The van der Waals surface area contributed by atoms with Gasteiger partial charge in [-0.15, -0.1) is 0 Å². The monoisotopic (exact) mass is 311 g/mol. The number of aliphatic hydroxyl groups excluding tert-OH is 1. The lowest BCUT2D eigenvalue weighted by Gasteiger charge is -2.15. The van der Waals surface area contributed by atoms with E-state index in [9.17, 15) is 9.50 Å². The van der Waals surface area contributed by atoms with Crippen molar-refractivity contribution in [2.45, 2.75) is 25.8 Å². The Kier molecular flexibility index (Phi) is 3.38. The normalized spacial score (nSPS) is 16.0. The maximum absolute atomic E-state index is 13.5. The first-order valence-electron chi connectivity index (χ1n) is 7.88. The summed E-state index contributed by atoms with van der Waals surface area (Å²) >= 11 is 0. The maximum Gasteiger partial charge on any atom is 0.126 e. The van der Waals surface area contributed by atoms with Crippen LogP contribution in [0.1, 0.15) is 24.4 Å². The zero-order valence-electron chi connectivity index (χ0n) is 12.9. The lowest BCUT2D eigenvalue weighted by Crippen LogP contribution is -2.16. The summed E-state index contributed by atoms with van der Waals surface area (Å²) in [4.78, 5) is 4.47. The molecule has 2 aromatic heterocycles. The Morgan fingerprint density at radius 2 is 2.09 bits per heavy atom. The highest BCUT2D eigenvalue weighted by Gasteiger charge is 2.33. The predicted molar refractivity (Wildman–Crippen MR) is 86.5 cm³/mol. The molecule has 5 heteroatoms. The Morgan fingerprint density at radius 3 is 2.78 bits per heavy atom. The second-order valence-corrected chi connectivity index (χ2v) is 6.27. The van der Waals surface area contributed by atoms with Gasteiger partial charge in [-0.2, -0.15) is 5.10 Å². The Labute approximate surface area is 133 Å². The minimum atomic E-state index is -0.207. The van der Waals surface area contributed by atoms with E-state index in [0.717, 1.165) is 35.0 Å². The molecule has 118 valence electrons. The lowest BCUT2D eigenvalue weighted by atomic mass is 10.0. The third kappa shape index (κ3) is 2.51. The van der Waals surface area contributed by atoms with E-state index in [0.29, 0.717) is 11.5 Å². The summed E-state index contributed by atoms with van der Waals surface area (Å²) in [6.45, 7) is 1.84. The van der Waals surface area contributed by atoms with Crippen LogP contribution in [0.15, 0.2) is 36.7 Å². The molecule has 1 fully saturated rings. The van der Waals surface area contributed by atoms with Gasteiger partial charge in [0, 0.05) is 11.8 Å². The van der Waals surface area contributed by atoms with Gasteiger partial charge in [-0.05, 0) is 55.0 Å². The first kappa shape index (κ1) is 14.3. The van der Waals surface area contributed by atoms with Crippen LogP contribution in [0, 0.1) is 18.7 Å². The molecule has 1 saturated carbocycles. The van der Waals surface area contributed by atoms with Crippen molar-refractivity contribution >= 4 is 11.0 Å². The van der Waals surface area contributed by atoms with Crippen molar-refractivity contribution in [2.24, 2.45) is 5.92 Å². The van der Waals surface area contributed by atoms with Crippen LogP contribution >= 0.6 is 0 Å². The topological polar surface area (TPSA) is 50.9 Å². The van der Waals surface area contributed by atoms with E-state index in [1.807, 2.05) is 16.8 Å². The van der Waals surface area contributed by atoms with Crippen LogP contribution in [-0.2, 0) is 0 Å². The predicted octanol–water partition coefficient (Wildman–Crippen LogP) is 3.49. The molecular weight excluding hydrogens is 293 g/mol. The second kappa shape index (κ2) is 5.42. The minimum absolute atomic E-state index is 0.0134. The van der Waals surface area contributed by atoms with Gasteiger partial charge in [-0.3, -0.25) is 9.67 Å². The van der Waals surface area contributed by atoms with Crippen molar-refractivity contribution in [3.63, 3.8) is 0 Å². The summed E-state index contributed by atoms with van der Waals surface area (Å²) in [5, 5.41) is 14.1. The van der Waals surface area contributed by atoms with Crippen LogP contribution in [0.3, 0.4) is 0 Å². The molecule has 2 heterocycles. The van der Waals surface area contributed by atoms with Crippen molar-refractivity contribution in [3.8, 4) is 11.1 Å². The van der Waals surface area contributed by atoms with E-state index >= 15 is 0 Å². The third-order valence-corrected chi connectivity index (χ3v) is 4.61. The van der Waals surface area contributed by atoms with E-state index in [1.165, 1.54) is 6.07 Å². The van der Waals surface area contributed by atoms with Gasteiger partial charge in [0.15, 0.2) is 0 Å². The van der Waals surface area contributed by atoms with Gasteiger partial charge in [-0.1, -0.05) is 6.07 Å². The van der Waals surface area contributed by atoms with E-state index < -0.39 is 0 Å². The van der Waals surface area contributed by atoms with Gasteiger partial charge < -0.3 is 5.11 Å². The molecule has 4 nitrogen and oxygen atoms in total. The summed E-state index contributed by atoms with van der Waals surface area (Å²) < 4.78 is 15.4. The van der Waals surface area contributed by atoms with Crippen molar-refractivity contribution in [1.82, 2.24) is 14.8 Å². The number of aromatic nitrogens is 3. The fourth-order valence-corrected chi connectivity index (χ4v) is 3.08. The largest absolute Gasteiger partial charge is 0.394 e. The fourth-order valence-electron chi connectivity index (χ4n) is 3.08. The van der Waals surface area contributed by atoms with Crippen molar-refractivity contribution in [2.75, 3.05) is 6.61 Å². The molecule has 0 bridgehead atoms. The molecule has 1 atom stereocenters. The van der Waals surface area contributed by atoms with Gasteiger partial charge in [-0.25, -0.2) is 4.39 Å². The van der Waals surface area contributed by atoms with Gasteiger partial charge >= 0.3 is 0 Å². The van der Waals surface area contributed by atoms with Gasteiger partial charge in [0.2, 0.25) is 0 Å². The molecule has 0 radical (unpaired) electrons. The Hall–Kier alpha value is -2.27. The van der Waals surface area contributed by atoms with Gasteiger partial charge in [0.1, 0.15) is 11.3 Å². The number of halogens is 1. The Balaban J connectivity index is 1.81. The molecule has 3 aromatic rings. The van der Waals surface area contributed by atoms with E-state index in [4.69, 9.17) is 0 Å². The first-order chi connectivity index (χ1) is 11.2. The highest BCUT2D eigenvalue weighted by Crippen LogP contribution is 2.40. The molecule has 0 spiro atoms. The average Bonchev–Trinajstić information content (AvgIpc) is 3.31. The molecule has 0 aliphatic heterocycles. The summed E-state index contributed by atoms with van der Waals surface area (Å²) in [6, 6.07) is 7.10. The number of nitrogens with zero attached hydrogens (tertiary/aromatic N) is 3. The number of rotatable bonds is 4. The van der Waals surface area contributed by atoms with Gasteiger partial charge in [0.25, 0.3) is 0 Å². The number of aliphatic hydroxyl groups is 1. The Bertz CT molecular complexity index is 870. The van der Waals surface area contributed by atoms with E-state index in [-0.39, 0.29) is 18.5 Å². The van der Waals surface area contributed by atoms with Crippen LogP contribution in [0.4, 0.5) is 4.39 Å². The molecule has 1 aliphatic carbocycles. The first-order valence-corrected chi connectivity index (χ1v) is 7.88. The van der Waals surface area contributed by atoms with Crippen LogP contribution in [0.5, 0.6) is 0 Å². The van der Waals surface area contributed by atoms with Gasteiger partial charge in [0.05, 0.1) is 24.4 Å². The second-order valence-electron chi connectivity index (χ2n) is 6.27. The third-order valence-electron chi connectivity index (χ3n) is 4.61. The van der Waals surface area contributed by atoms with Crippen LogP contribution < -0.4 is 0 Å². The number of hydrogen-bond acceptors (Lipinski definition) is 3. The molecule has 0 unspecified atom stereocenters. The lowest BCUT2D eigenvalue weighted by molar-refractivity contribution is 0.205. The molecular formula is C18H18FN3O. The van der Waals surface area contributed by atoms with Crippen LogP contribution in [-0.4, -0.2) is 26.5 Å². The van der Waals surface area contributed by atoms with Crippen LogP contribution in [0.25, 0.3) is 22.2 Å². The molecule has 1 aromatic carbocycles. The average molecular weight is 311 g/mol. The highest BCUT2D eigenvalue weighted by molar-refractivity contribution is 5.80. The smallest absolute Gasteiger partial charge is 0.126 e. The summed E-state index contributed by atoms with van der Waals surface area (Å²) in [5.41, 5.74) is 4.19. The van der Waals surface area contributed by atoms with E-state index in [2.05, 4.69) is 10.1 Å². The minimum Gasteiger partial charge on any atom is -0.394 e. The van der Waals surface area contributed by atoms with E-state index in [1.54, 1.807) is 25.4 Å². The molecule has 0 amide bonds. The quantitative estimate of drug-likeness (QED) is 0.802. The number of fused-ring (bicyclic) bond motifs is 1. The molecule has 1 N–H and O–H groups in total. The number of benzene rings is 1. The number of hydrogen-bond donors (Lipinski definition) is 1. The zero-order valence-corrected chi connectivity index (χ0v) is 12.9. The number of pyridine rings is 1. The van der Waals surface area contributed by atoms with Crippen molar-refractivity contribution < 1.29 is 9.50 Å². The summed E-state index contributed by atoms with van der Waals surface area (Å²) in [5.74, 6) is 0.293. The number of aryl methyl sites for hydroxylation is 1. The molecule has 0 saturated heterocycles.